The quantitative estimate of drug-likeness (QED) is 0.589. The highest BCUT2D eigenvalue weighted by Gasteiger charge is 2.12. The molecule has 0 aromatic heterocycles. The van der Waals surface area contributed by atoms with Gasteiger partial charge in [0.1, 0.15) is 5.75 Å². The van der Waals surface area contributed by atoms with E-state index in [1.165, 1.54) is 19.2 Å². The Morgan fingerprint density at radius 2 is 2.05 bits per heavy atom. The number of anilines is 1. The van der Waals surface area contributed by atoms with Crippen molar-refractivity contribution in [3.05, 3.63) is 23.8 Å². The van der Waals surface area contributed by atoms with E-state index in [0.717, 1.165) is 6.42 Å². The highest BCUT2D eigenvalue weighted by Crippen LogP contribution is 2.22. The van der Waals surface area contributed by atoms with Crippen molar-refractivity contribution in [2.75, 3.05) is 26.0 Å². The SMILES string of the molecule is COc1ccc(C(=O)OCC(=O)NCCC(C)C)cc1N. The van der Waals surface area contributed by atoms with Crippen molar-refractivity contribution in [1.29, 1.82) is 0 Å². The van der Waals surface area contributed by atoms with E-state index in [9.17, 15) is 9.59 Å². The highest BCUT2D eigenvalue weighted by atomic mass is 16.5. The summed E-state index contributed by atoms with van der Waals surface area (Å²) in [4.78, 5) is 23.3. The minimum Gasteiger partial charge on any atom is -0.495 e. The monoisotopic (exact) mass is 294 g/mol. The fraction of sp³-hybridized carbons (Fsp3) is 0.467. The smallest absolute Gasteiger partial charge is 0.338 e. The molecular weight excluding hydrogens is 272 g/mol. The Balaban J connectivity index is 2.43. The lowest BCUT2D eigenvalue weighted by Gasteiger charge is -2.09. The third-order valence-corrected chi connectivity index (χ3v) is 2.84. The van der Waals surface area contributed by atoms with E-state index in [2.05, 4.69) is 19.2 Å². The molecule has 1 rings (SSSR count). The number of rotatable bonds is 7. The largest absolute Gasteiger partial charge is 0.495 e. The Bertz CT molecular complexity index is 500. The van der Waals surface area contributed by atoms with Crippen LogP contribution in [-0.2, 0) is 9.53 Å². The number of esters is 1. The number of nitrogens with two attached hydrogens (primary N) is 1. The zero-order chi connectivity index (χ0) is 15.8. The first kappa shape index (κ1) is 16.8. The molecular formula is C15H22N2O4. The summed E-state index contributed by atoms with van der Waals surface area (Å²) in [6, 6.07) is 4.57. The zero-order valence-electron chi connectivity index (χ0n) is 12.6. The van der Waals surface area contributed by atoms with Crippen LogP contribution < -0.4 is 15.8 Å². The van der Waals surface area contributed by atoms with Crippen molar-refractivity contribution in [1.82, 2.24) is 5.32 Å². The summed E-state index contributed by atoms with van der Waals surface area (Å²) >= 11 is 0. The normalized spacial score (nSPS) is 10.3. The number of benzene rings is 1. The van der Waals surface area contributed by atoms with E-state index in [4.69, 9.17) is 15.2 Å². The topological polar surface area (TPSA) is 90.6 Å². The number of carbonyl (C=O) groups excluding carboxylic acids is 2. The third-order valence-electron chi connectivity index (χ3n) is 2.84. The maximum atomic E-state index is 11.8. The van der Waals surface area contributed by atoms with Crippen LogP contribution >= 0.6 is 0 Å². The van der Waals surface area contributed by atoms with Crippen LogP contribution in [0.2, 0.25) is 0 Å². The molecule has 0 saturated carbocycles. The van der Waals surface area contributed by atoms with Crippen LogP contribution in [0, 0.1) is 5.92 Å². The van der Waals surface area contributed by atoms with E-state index < -0.39 is 5.97 Å². The summed E-state index contributed by atoms with van der Waals surface area (Å²) in [6.07, 6.45) is 0.884. The van der Waals surface area contributed by atoms with Gasteiger partial charge in [-0.05, 0) is 30.5 Å². The maximum absolute atomic E-state index is 11.8. The summed E-state index contributed by atoms with van der Waals surface area (Å²) in [6.45, 7) is 4.41. The molecule has 0 fully saturated rings. The lowest BCUT2D eigenvalue weighted by molar-refractivity contribution is -0.124. The van der Waals surface area contributed by atoms with Gasteiger partial charge >= 0.3 is 5.97 Å². The summed E-state index contributed by atoms with van der Waals surface area (Å²) in [5.41, 5.74) is 6.33. The molecule has 0 aliphatic heterocycles. The Morgan fingerprint density at radius 1 is 1.33 bits per heavy atom. The lowest BCUT2D eigenvalue weighted by atomic mass is 10.1. The predicted molar refractivity (Wildman–Crippen MR) is 80.2 cm³/mol. The Labute approximate surface area is 124 Å². The second-order valence-electron chi connectivity index (χ2n) is 5.07. The molecule has 0 heterocycles. The van der Waals surface area contributed by atoms with Crippen LogP contribution in [0.15, 0.2) is 18.2 Å². The summed E-state index contributed by atoms with van der Waals surface area (Å²) in [5.74, 6) is 0.0851. The molecule has 0 saturated heterocycles. The van der Waals surface area contributed by atoms with Gasteiger partial charge in [0.25, 0.3) is 5.91 Å². The standard InChI is InChI=1S/C15H22N2O4/c1-10(2)6-7-17-14(18)9-21-15(19)11-4-5-13(20-3)12(16)8-11/h4-5,8,10H,6-7,9,16H2,1-3H3,(H,17,18). The molecule has 0 atom stereocenters. The van der Waals surface area contributed by atoms with E-state index >= 15 is 0 Å². The van der Waals surface area contributed by atoms with Gasteiger partial charge in [0.2, 0.25) is 0 Å². The van der Waals surface area contributed by atoms with Gasteiger partial charge in [-0.3, -0.25) is 4.79 Å². The van der Waals surface area contributed by atoms with Gasteiger partial charge in [0, 0.05) is 6.54 Å². The third kappa shape index (κ3) is 5.72. The molecule has 1 aromatic rings. The molecule has 116 valence electrons. The second kappa shape index (κ2) is 8.14. The van der Waals surface area contributed by atoms with E-state index in [-0.39, 0.29) is 18.1 Å². The number of hydrogen-bond acceptors (Lipinski definition) is 5. The Hall–Kier alpha value is -2.24. The average Bonchev–Trinajstić information content (AvgIpc) is 2.44. The second-order valence-corrected chi connectivity index (χ2v) is 5.07. The van der Waals surface area contributed by atoms with Gasteiger partial charge in [-0.25, -0.2) is 4.79 Å². The first-order chi connectivity index (χ1) is 9.93. The number of nitrogen functional groups attached to an aromatic ring is 1. The van der Waals surface area contributed by atoms with Crippen LogP contribution in [0.5, 0.6) is 5.75 Å². The molecule has 0 aliphatic carbocycles. The minimum absolute atomic E-state index is 0.281. The van der Waals surface area contributed by atoms with Crippen molar-refractivity contribution in [2.24, 2.45) is 5.92 Å². The molecule has 3 N–H and O–H groups in total. The first-order valence-electron chi connectivity index (χ1n) is 6.81. The molecule has 0 aliphatic rings. The van der Waals surface area contributed by atoms with Crippen LogP contribution in [0.25, 0.3) is 0 Å². The molecule has 0 unspecified atom stereocenters. The summed E-state index contributed by atoms with van der Waals surface area (Å²) < 4.78 is 9.93. The number of hydrogen-bond donors (Lipinski definition) is 2. The molecule has 1 aromatic carbocycles. The molecule has 6 nitrogen and oxygen atoms in total. The maximum Gasteiger partial charge on any atom is 0.338 e. The predicted octanol–water partition coefficient (Wildman–Crippen LogP) is 1.60. The van der Waals surface area contributed by atoms with Gasteiger partial charge in [-0.15, -0.1) is 0 Å². The fourth-order valence-electron chi connectivity index (χ4n) is 1.63. The van der Waals surface area contributed by atoms with Gasteiger partial charge in [0.05, 0.1) is 18.4 Å². The fourth-order valence-corrected chi connectivity index (χ4v) is 1.63. The van der Waals surface area contributed by atoms with Gasteiger partial charge < -0.3 is 20.5 Å². The van der Waals surface area contributed by atoms with Crippen molar-refractivity contribution >= 4 is 17.6 Å². The molecule has 0 bridgehead atoms. The van der Waals surface area contributed by atoms with Crippen LogP contribution in [0.1, 0.15) is 30.6 Å². The molecule has 0 radical (unpaired) electrons. The summed E-state index contributed by atoms with van der Waals surface area (Å²) in [5, 5.41) is 2.69. The molecule has 0 spiro atoms. The van der Waals surface area contributed by atoms with Gasteiger partial charge in [-0.2, -0.15) is 0 Å². The molecule has 6 heteroatoms. The number of nitrogens with one attached hydrogen (secondary N) is 1. The first-order valence-corrected chi connectivity index (χ1v) is 6.81. The molecule has 1 amide bonds. The van der Waals surface area contributed by atoms with E-state index in [1.54, 1.807) is 6.07 Å². The number of carbonyl (C=O) groups is 2. The van der Waals surface area contributed by atoms with Gasteiger partial charge in [-0.1, -0.05) is 13.8 Å². The van der Waals surface area contributed by atoms with Crippen LogP contribution in [-0.4, -0.2) is 32.1 Å². The van der Waals surface area contributed by atoms with Crippen molar-refractivity contribution in [3.8, 4) is 5.75 Å². The number of ether oxygens (including phenoxy) is 2. The van der Waals surface area contributed by atoms with Crippen molar-refractivity contribution in [3.63, 3.8) is 0 Å². The van der Waals surface area contributed by atoms with Crippen molar-refractivity contribution in [2.45, 2.75) is 20.3 Å². The van der Waals surface area contributed by atoms with Crippen LogP contribution in [0.3, 0.4) is 0 Å². The summed E-state index contributed by atoms with van der Waals surface area (Å²) in [7, 11) is 1.49. The van der Waals surface area contributed by atoms with Crippen molar-refractivity contribution < 1.29 is 19.1 Å². The lowest BCUT2D eigenvalue weighted by Crippen LogP contribution is -2.30. The number of amides is 1. The van der Waals surface area contributed by atoms with Gasteiger partial charge in [0.15, 0.2) is 6.61 Å². The highest BCUT2D eigenvalue weighted by molar-refractivity contribution is 5.92. The Morgan fingerprint density at radius 3 is 2.62 bits per heavy atom. The Kier molecular flexibility index (Phi) is 6.52. The minimum atomic E-state index is -0.594. The van der Waals surface area contributed by atoms with Crippen LogP contribution in [0.4, 0.5) is 5.69 Å². The number of methoxy groups -OCH3 is 1. The van der Waals surface area contributed by atoms with E-state index in [1.807, 2.05) is 0 Å². The zero-order valence-corrected chi connectivity index (χ0v) is 12.6. The molecule has 21 heavy (non-hydrogen) atoms. The average molecular weight is 294 g/mol. The van der Waals surface area contributed by atoms with E-state index in [0.29, 0.717) is 23.9 Å².